The van der Waals surface area contributed by atoms with Gasteiger partial charge in [-0.25, -0.2) is 0 Å². The van der Waals surface area contributed by atoms with E-state index in [9.17, 15) is 14.4 Å². The van der Waals surface area contributed by atoms with Crippen LogP contribution in [0.15, 0.2) is 12.3 Å². The molecular formula is C28H52NO6+. The lowest BCUT2D eigenvalue weighted by molar-refractivity contribution is -0.880. The zero-order valence-corrected chi connectivity index (χ0v) is 22.2. The van der Waals surface area contributed by atoms with Crippen LogP contribution in [-0.4, -0.2) is 57.3 Å². The Morgan fingerprint density at radius 2 is 0.886 bits per heavy atom. The van der Waals surface area contributed by atoms with Gasteiger partial charge in [-0.2, -0.15) is 0 Å². The molecule has 0 bridgehead atoms. The second kappa shape index (κ2) is 22.6. The van der Waals surface area contributed by atoms with Gasteiger partial charge in [-0.1, -0.05) is 77.6 Å². The van der Waals surface area contributed by atoms with Crippen molar-refractivity contribution in [3.63, 3.8) is 0 Å². The Morgan fingerprint density at radius 3 is 1.23 bits per heavy atom. The Morgan fingerprint density at radius 1 is 0.543 bits per heavy atom. The van der Waals surface area contributed by atoms with E-state index in [2.05, 4.69) is 19.2 Å². The van der Waals surface area contributed by atoms with Gasteiger partial charge in [0, 0.05) is 19.3 Å². The van der Waals surface area contributed by atoms with Crippen molar-refractivity contribution in [3.05, 3.63) is 12.3 Å². The minimum Gasteiger partial charge on any atom is -0.481 e. The van der Waals surface area contributed by atoms with Crippen molar-refractivity contribution in [3.8, 4) is 0 Å². The van der Waals surface area contributed by atoms with Gasteiger partial charge in [-0.15, -0.1) is 0 Å². The fourth-order valence-corrected chi connectivity index (χ4v) is 4.60. The molecule has 0 amide bonds. The number of hydrogen-bond donors (Lipinski definition) is 3. The van der Waals surface area contributed by atoms with Crippen molar-refractivity contribution in [2.24, 2.45) is 0 Å². The number of quaternary nitrogens is 1. The van der Waals surface area contributed by atoms with Gasteiger partial charge < -0.3 is 15.3 Å². The number of rotatable bonds is 26. The van der Waals surface area contributed by atoms with Crippen molar-refractivity contribution < 1.29 is 34.2 Å². The molecular weight excluding hydrogens is 446 g/mol. The maximum Gasteiger partial charge on any atom is 0.303 e. The summed E-state index contributed by atoms with van der Waals surface area (Å²) in [6.45, 7) is 4.00. The topological polar surface area (TPSA) is 112 Å². The summed E-state index contributed by atoms with van der Waals surface area (Å²) in [5.41, 5.74) is 0. The maximum atomic E-state index is 11.0. The van der Waals surface area contributed by atoms with Gasteiger partial charge in [-0.3, -0.25) is 18.9 Å². The first-order valence-corrected chi connectivity index (χ1v) is 14.0. The first-order chi connectivity index (χ1) is 16.8. The number of carboxylic acids is 3. The highest BCUT2D eigenvalue weighted by molar-refractivity contribution is 5.67. The lowest BCUT2D eigenvalue weighted by Crippen LogP contribution is -2.45. The number of carboxylic acid groups (broad SMARTS) is 3. The standard InChI is InChI=1S/C28H51NO6/c1-2-3-4-5-6-7-8-9-10-11-12-13-14-15-22-29(23-16-19-26(30)31,24-17-20-27(32)33)25-18-21-28(34)35/h15,22H,2-14,16-21,23-25H2,1H3,(H2-,30,31,32,33,34,35)/p+1/b22-15+. The zero-order valence-electron chi connectivity index (χ0n) is 22.2. The van der Waals surface area contributed by atoms with Crippen molar-refractivity contribution in [2.75, 3.05) is 19.6 Å². The Balaban J connectivity index is 4.49. The average Bonchev–Trinajstić information content (AvgIpc) is 2.78. The molecule has 0 aliphatic heterocycles. The van der Waals surface area contributed by atoms with Gasteiger partial charge in [-0.05, 0) is 18.9 Å². The summed E-state index contributed by atoms with van der Waals surface area (Å²) in [7, 11) is 0. The highest BCUT2D eigenvalue weighted by Gasteiger charge is 2.25. The Kier molecular flexibility index (Phi) is 21.3. The lowest BCUT2D eigenvalue weighted by Gasteiger charge is -2.35. The number of nitrogens with zero attached hydrogens (tertiary/aromatic N) is 1. The van der Waals surface area contributed by atoms with Gasteiger partial charge in [0.1, 0.15) is 0 Å². The average molecular weight is 499 g/mol. The fourth-order valence-electron chi connectivity index (χ4n) is 4.60. The number of hydrogen-bond acceptors (Lipinski definition) is 3. The number of allylic oxidation sites excluding steroid dienone is 1. The Labute approximate surface area is 213 Å². The van der Waals surface area contributed by atoms with E-state index >= 15 is 0 Å². The SMILES string of the molecule is CCCCCCCCCCCCCC/C=C/[N+](CCCC(=O)O)(CCCC(=O)O)CCCC(=O)O. The van der Waals surface area contributed by atoms with Crippen LogP contribution >= 0.6 is 0 Å². The van der Waals surface area contributed by atoms with Crippen LogP contribution in [0.1, 0.15) is 129 Å². The highest BCUT2D eigenvalue weighted by Crippen LogP contribution is 2.18. The Bertz CT molecular complexity index is 540. The molecule has 0 aromatic rings. The first-order valence-electron chi connectivity index (χ1n) is 14.0. The van der Waals surface area contributed by atoms with Crippen LogP contribution in [0.2, 0.25) is 0 Å². The molecule has 0 aliphatic carbocycles. The van der Waals surface area contributed by atoms with Crippen molar-refractivity contribution in [1.29, 1.82) is 0 Å². The fraction of sp³-hybridized carbons (Fsp3) is 0.821. The molecule has 7 heteroatoms. The van der Waals surface area contributed by atoms with Crippen LogP contribution in [0.4, 0.5) is 0 Å². The highest BCUT2D eigenvalue weighted by atomic mass is 16.4. The second-order valence-electron chi connectivity index (χ2n) is 9.94. The molecule has 204 valence electrons. The summed E-state index contributed by atoms with van der Waals surface area (Å²) >= 11 is 0. The summed E-state index contributed by atoms with van der Waals surface area (Å²) in [5, 5.41) is 27.1. The normalized spacial score (nSPS) is 11.8. The predicted molar refractivity (Wildman–Crippen MR) is 140 cm³/mol. The monoisotopic (exact) mass is 498 g/mol. The third-order valence-electron chi connectivity index (χ3n) is 6.63. The maximum absolute atomic E-state index is 11.0. The van der Waals surface area contributed by atoms with Crippen LogP contribution in [0.25, 0.3) is 0 Å². The predicted octanol–water partition coefficient (Wildman–Crippen LogP) is 7.00. The van der Waals surface area contributed by atoms with E-state index in [0.717, 1.165) is 12.8 Å². The minimum absolute atomic E-state index is 0.0600. The van der Waals surface area contributed by atoms with Gasteiger partial charge >= 0.3 is 17.9 Å². The molecule has 0 atom stereocenters. The van der Waals surface area contributed by atoms with Crippen molar-refractivity contribution >= 4 is 17.9 Å². The van der Waals surface area contributed by atoms with Gasteiger partial charge in [0.05, 0.1) is 45.1 Å². The number of carbonyl (C=O) groups is 3. The minimum atomic E-state index is -0.848. The van der Waals surface area contributed by atoms with E-state index in [-0.39, 0.29) is 19.3 Å². The molecule has 7 nitrogen and oxygen atoms in total. The summed E-state index contributed by atoms with van der Waals surface area (Å²) in [6.07, 6.45) is 22.4. The van der Waals surface area contributed by atoms with E-state index in [1.807, 2.05) is 0 Å². The van der Waals surface area contributed by atoms with Gasteiger partial charge in [0.25, 0.3) is 0 Å². The third-order valence-corrected chi connectivity index (χ3v) is 6.63. The quantitative estimate of drug-likeness (QED) is 0.0874. The molecule has 0 aliphatic rings. The summed E-state index contributed by atoms with van der Waals surface area (Å²) < 4.78 is 0.464. The first kappa shape index (κ1) is 33.1. The molecule has 0 rings (SSSR count). The summed E-state index contributed by atoms with van der Waals surface area (Å²) in [6, 6.07) is 0. The second-order valence-corrected chi connectivity index (χ2v) is 9.94. The molecule has 0 aromatic carbocycles. The molecule has 0 saturated heterocycles. The van der Waals surface area contributed by atoms with Crippen LogP contribution in [0, 0.1) is 0 Å². The van der Waals surface area contributed by atoms with E-state index in [1.54, 1.807) is 0 Å². The summed E-state index contributed by atoms with van der Waals surface area (Å²) in [4.78, 5) is 33.0. The molecule has 0 fully saturated rings. The molecule has 0 spiro atoms. The van der Waals surface area contributed by atoms with E-state index in [0.29, 0.717) is 43.4 Å². The molecule has 0 heterocycles. The van der Waals surface area contributed by atoms with Crippen molar-refractivity contribution in [2.45, 2.75) is 129 Å². The smallest absolute Gasteiger partial charge is 0.303 e. The van der Waals surface area contributed by atoms with Gasteiger partial charge in [0.2, 0.25) is 0 Å². The molecule has 0 saturated carbocycles. The van der Waals surface area contributed by atoms with Crippen LogP contribution < -0.4 is 0 Å². The molecule has 0 aromatic heterocycles. The lowest BCUT2D eigenvalue weighted by atomic mass is 10.0. The van der Waals surface area contributed by atoms with Gasteiger partial charge in [0.15, 0.2) is 0 Å². The van der Waals surface area contributed by atoms with E-state index in [4.69, 9.17) is 15.3 Å². The van der Waals surface area contributed by atoms with Crippen molar-refractivity contribution in [1.82, 2.24) is 0 Å². The van der Waals surface area contributed by atoms with E-state index in [1.165, 1.54) is 70.6 Å². The molecule has 3 N–H and O–H groups in total. The molecule has 35 heavy (non-hydrogen) atoms. The molecule has 0 unspecified atom stereocenters. The zero-order chi connectivity index (χ0) is 26.2. The number of aliphatic carboxylic acids is 3. The largest absolute Gasteiger partial charge is 0.481 e. The summed E-state index contributed by atoms with van der Waals surface area (Å²) in [5.74, 6) is -2.54. The molecule has 0 radical (unpaired) electrons. The van der Waals surface area contributed by atoms with Crippen LogP contribution in [0.3, 0.4) is 0 Å². The van der Waals surface area contributed by atoms with Crippen LogP contribution in [0.5, 0.6) is 0 Å². The number of unbranched alkanes of at least 4 members (excludes halogenated alkanes) is 12. The Hall–Kier alpha value is -1.89. The van der Waals surface area contributed by atoms with Crippen LogP contribution in [-0.2, 0) is 14.4 Å². The van der Waals surface area contributed by atoms with E-state index < -0.39 is 17.9 Å². The third kappa shape index (κ3) is 22.3.